The molecule has 4 rings (SSSR count). The van der Waals surface area contributed by atoms with Crippen LogP contribution >= 0.6 is 0 Å². The second-order valence-corrected chi connectivity index (χ2v) is 12.6. The molecule has 0 radical (unpaired) electrons. The first-order chi connectivity index (χ1) is 18.4. The molecule has 4 amide bonds. The van der Waals surface area contributed by atoms with E-state index in [2.05, 4.69) is 28.1 Å². The number of amides is 4. The van der Waals surface area contributed by atoms with E-state index in [0.717, 1.165) is 55.3 Å². The Balaban J connectivity index is 1.69. The molecule has 1 spiro atoms. The second-order valence-electron chi connectivity index (χ2n) is 12.6. The summed E-state index contributed by atoms with van der Waals surface area (Å²) in [5.41, 5.74) is 1.41. The lowest BCUT2D eigenvalue weighted by molar-refractivity contribution is -0.138. The summed E-state index contributed by atoms with van der Waals surface area (Å²) in [6.07, 6.45) is 6.52. The summed E-state index contributed by atoms with van der Waals surface area (Å²) in [7, 11) is 0. The third-order valence-electron chi connectivity index (χ3n) is 8.14. The fourth-order valence-electron chi connectivity index (χ4n) is 6.06. The van der Waals surface area contributed by atoms with E-state index in [9.17, 15) is 24.4 Å². The van der Waals surface area contributed by atoms with Crippen LogP contribution in [0.1, 0.15) is 90.2 Å². The van der Waals surface area contributed by atoms with Gasteiger partial charge in [-0.15, -0.1) is 0 Å². The van der Waals surface area contributed by atoms with Crippen molar-refractivity contribution in [3.8, 4) is 6.07 Å². The van der Waals surface area contributed by atoms with Crippen molar-refractivity contribution in [2.75, 3.05) is 11.9 Å². The molecule has 1 aromatic rings. The molecular weight excluding hydrogens is 494 g/mol. The molecule has 3 aliphatic rings. The zero-order valence-corrected chi connectivity index (χ0v) is 23.6. The Morgan fingerprint density at radius 1 is 1.03 bits per heavy atom. The number of fused-ring (bicyclic) bond motifs is 2. The summed E-state index contributed by atoms with van der Waals surface area (Å²) in [6.45, 7) is 7.62. The standard InChI is InChI=1S/C30H41N5O4/c1-19-26(37)33-24(16-29(2,3)4)27(38)35-18-30(15-21(35)17-31)22-14-20(12-13-23(22)34-28(30)39)10-8-6-5-7-9-11-25(36)32-19/h12-14,19,21,24H,5-11,15-16,18H2,1-4H3,(H,32,36)(H,33,37)(H,34,39)/t19-,21-,24-,30-/m0/s1. The number of hydrogen-bond donors (Lipinski definition) is 3. The Morgan fingerprint density at radius 2 is 1.72 bits per heavy atom. The first kappa shape index (κ1) is 28.6. The zero-order valence-electron chi connectivity index (χ0n) is 23.6. The second kappa shape index (κ2) is 11.4. The third-order valence-corrected chi connectivity index (χ3v) is 8.14. The normalized spacial score (nSPS) is 28.8. The van der Waals surface area contributed by atoms with Gasteiger partial charge in [-0.2, -0.15) is 5.26 Å². The minimum atomic E-state index is -1.00. The summed E-state index contributed by atoms with van der Waals surface area (Å²) in [5, 5.41) is 18.7. The SMILES string of the molecule is C[C@@H]1NC(=O)CCCCCCCc2ccc3c(c2)[C@@]2(C[C@@H](C#N)N(C2)C(=O)[C@H](CC(C)(C)C)NC1=O)C(=O)N3. The van der Waals surface area contributed by atoms with Crippen molar-refractivity contribution in [2.45, 2.75) is 109 Å². The molecule has 0 aromatic heterocycles. The quantitative estimate of drug-likeness (QED) is 0.508. The maximum atomic E-state index is 14.0. The van der Waals surface area contributed by atoms with Crippen molar-refractivity contribution in [1.29, 1.82) is 5.26 Å². The molecule has 1 fully saturated rings. The maximum Gasteiger partial charge on any atom is 0.246 e. The van der Waals surface area contributed by atoms with Crippen LogP contribution in [0.25, 0.3) is 0 Å². The molecule has 0 saturated carbocycles. The first-order valence-electron chi connectivity index (χ1n) is 14.2. The van der Waals surface area contributed by atoms with Crippen LogP contribution < -0.4 is 16.0 Å². The molecule has 1 aromatic carbocycles. The molecule has 9 nitrogen and oxygen atoms in total. The number of nitriles is 1. The third kappa shape index (κ3) is 6.26. The molecule has 3 heterocycles. The van der Waals surface area contributed by atoms with Crippen molar-refractivity contribution in [2.24, 2.45) is 5.41 Å². The van der Waals surface area contributed by atoms with Gasteiger partial charge in [0.2, 0.25) is 23.6 Å². The van der Waals surface area contributed by atoms with Gasteiger partial charge >= 0.3 is 0 Å². The van der Waals surface area contributed by atoms with Crippen LogP contribution in [-0.4, -0.2) is 53.2 Å². The highest BCUT2D eigenvalue weighted by molar-refractivity contribution is 6.07. The number of hydrogen-bond acceptors (Lipinski definition) is 5. The summed E-state index contributed by atoms with van der Waals surface area (Å²) in [5.74, 6) is -1.21. The Labute approximate surface area is 231 Å². The number of carbonyl (C=O) groups excluding carboxylic acids is 4. The van der Waals surface area contributed by atoms with E-state index in [1.54, 1.807) is 6.92 Å². The summed E-state index contributed by atoms with van der Waals surface area (Å²) >= 11 is 0. The van der Waals surface area contributed by atoms with Crippen LogP contribution in [0.3, 0.4) is 0 Å². The molecule has 4 bridgehead atoms. The molecular formula is C30H41N5O4. The van der Waals surface area contributed by atoms with Gasteiger partial charge in [0.05, 0.1) is 11.5 Å². The highest BCUT2D eigenvalue weighted by Crippen LogP contribution is 2.47. The predicted molar refractivity (Wildman–Crippen MR) is 147 cm³/mol. The Morgan fingerprint density at radius 3 is 2.41 bits per heavy atom. The Kier molecular flexibility index (Phi) is 8.34. The summed E-state index contributed by atoms with van der Waals surface area (Å²) in [6, 6.07) is 5.76. The van der Waals surface area contributed by atoms with Crippen molar-refractivity contribution >= 4 is 29.3 Å². The molecule has 1 saturated heterocycles. The van der Waals surface area contributed by atoms with E-state index in [0.29, 0.717) is 12.8 Å². The van der Waals surface area contributed by atoms with Crippen molar-refractivity contribution in [3.63, 3.8) is 0 Å². The van der Waals surface area contributed by atoms with E-state index in [4.69, 9.17) is 0 Å². The zero-order chi connectivity index (χ0) is 28.4. The predicted octanol–water partition coefficient (Wildman–Crippen LogP) is 3.32. The Hall–Kier alpha value is -3.41. The molecule has 4 atom stereocenters. The van der Waals surface area contributed by atoms with Gasteiger partial charge in [-0.25, -0.2) is 0 Å². The number of anilines is 1. The van der Waals surface area contributed by atoms with E-state index in [-0.39, 0.29) is 36.1 Å². The van der Waals surface area contributed by atoms with E-state index >= 15 is 0 Å². The van der Waals surface area contributed by atoms with Crippen LogP contribution in [0.2, 0.25) is 0 Å². The average molecular weight is 536 g/mol. The molecule has 3 aliphatic heterocycles. The van der Waals surface area contributed by atoms with E-state index in [1.807, 2.05) is 32.9 Å². The minimum Gasteiger partial charge on any atom is -0.345 e. The first-order valence-corrected chi connectivity index (χ1v) is 14.2. The number of rotatable bonds is 1. The highest BCUT2D eigenvalue weighted by atomic mass is 16.2. The fraction of sp³-hybridized carbons (Fsp3) is 0.633. The molecule has 39 heavy (non-hydrogen) atoms. The topological polar surface area (TPSA) is 131 Å². The molecule has 3 N–H and O–H groups in total. The van der Waals surface area contributed by atoms with E-state index in [1.165, 1.54) is 4.90 Å². The van der Waals surface area contributed by atoms with Gasteiger partial charge in [-0.1, -0.05) is 52.2 Å². The number of benzene rings is 1. The molecule has 9 heteroatoms. The monoisotopic (exact) mass is 535 g/mol. The smallest absolute Gasteiger partial charge is 0.246 e. The van der Waals surface area contributed by atoms with Gasteiger partial charge in [0.25, 0.3) is 0 Å². The lowest BCUT2D eigenvalue weighted by atomic mass is 9.79. The van der Waals surface area contributed by atoms with Gasteiger partial charge in [0, 0.05) is 25.1 Å². The van der Waals surface area contributed by atoms with Crippen LogP contribution in [0.5, 0.6) is 0 Å². The fourth-order valence-corrected chi connectivity index (χ4v) is 6.06. The largest absolute Gasteiger partial charge is 0.345 e. The highest BCUT2D eigenvalue weighted by Gasteiger charge is 2.56. The number of aryl methyl sites for hydroxylation is 1. The van der Waals surface area contributed by atoms with Crippen LogP contribution in [0.4, 0.5) is 5.69 Å². The van der Waals surface area contributed by atoms with Crippen LogP contribution in [0.15, 0.2) is 18.2 Å². The molecule has 210 valence electrons. The van der Waals surface area contributed by atoms with Gasteiger partial charge in [-0.3, -0.25) is 19.2 Å². The van der Waals surface area contributed by atoms with E-state index < -0.39 is 29.4 Å². The van der Waals surface area contributed by atoms with Crippen LogP contribution in [0, 0.1) is 16.7 Å². The molecule has 0 unspecified atom stereocenters. The van der Waals surface area contributed by atoms with Crippen molar-refractivity contribution in [3.05, 3.63) is 29.3 Å². The Bertz CT molecular complexity index is 1180. The summed E-state index contributed by atoms with van der Waals surface area (Å²) < 4.78 is 0. The summed E-state index contributed by atoms with van der Waals surface area (Å²) in [4.78, 5) is 54.4. The number of nitrogens with zero attached hydrogens (tertiary/aromatic N) is 2. The average Bonchev–Trinajstić information content (AvgIpc) is 3.39. The van der Waals surface area contributed by atoms with Gasteiger partial charge < -0.3 is 20.9 Å². The van der Waals surface area contributed by atoms with Gasteiger partial charge in [0.1, 0.15) is 18.1 Å². The van der Waals surface area contributed by atoms with Crippen molar-refractivity contribution in [1.82, 2.24) is 15.5 Å². The molecule has 0 aliphatic carbocycles. The van der Waals surface area contributed by atoms with Gasteiger partial charge in [-0.05, 0) is 55.2 Å². The van der Waals surface area contributed by atoms with Gasteiger partial charge in [0.15, 0.2) is 0 Å². The van der Waals surface area contributed by atoms with Crippen molar-refractivity contribution < 1.29 is 19.2 Å². The number of carbonyl (C=O) groups is 4. The lowest BCUT2D eigenvalue weighted by Gasteiger charge is -2.31. The maximum absolute atomic E-state index is 14.0. The minimum absolute atomic E-state index is 0.0785. The number of nitrogens with one attached hydrogen (secondary N) is 3. The lowest BCUT2D eigenvalue weighted by Crippen LogP contribution is -2.55. The van der Waals surface area contributed by atoms with Crippen LogP contribution in [-0.2, 0) is 31.0 Å².